The highest BCUT2D eigenvalue weighted by Gasteiger charge is 2.17. The molecular weight excluding hydrogens is 408 g/mol. The van der Waals surface area contributed by atoms with E-state index in [4.69, 9.17) is 0 Å². The fraction of sp³-hybridized carbons (Fsp3) is 0.0588. The van der Waals surface area contributed by atoms with Crippen LogP contribution in [-0.4, -0.2) is 0 Å². The van der Waals surface area contributed by atoms with Crippen molar-refractivity contribution >= 4 is 43.1 Å². The van der Waals surface area contributed by atoms with Gasteiger partial charge in [-0.05, 0) is 115 Å². The maximum atomic E-state index is 2.40. The van der Waals surface area contributed by atoms with E-state index in [1.165, 1.54) is 76.5 Å². The van der Waals surface area contributed by atoms with Crippen LogP contribution in [0.5, 0.6) is 0 Å². The molecule has 0 atom stereocenters. The molecule has 160 valence electrons. The smallest absolute Gasteiger partial charge is 0.00210 e. The first-order chi connectivity index (χ1) is 16.7. The van der Waals surface area contributed by atoms with E-state index in [0.717, 1.165) is 0 Å². The number of hydrogen-bond donors (Lipinski definition) is 0. The number of benzene rings is 7. The van der Waals surface area contributed by atoms with Gasteiger partial charge in [-0.1, -0.05) is 84.9 Å². The molecule has 0 heteroatoms. The van der Waals surface area contributed by atoms with Crippen molar-refractivity contribution in [3.63, 3.8) is 0 Å². The van der Waals surface area contributed by atoms with Crippen LogP contribution in [0.3, 0.4) is 0 Å². The fourth-order valence-corrected chi connectivity index (χ4v) is 5.85. The van der Waals surface area contributed by atoms with Crippen molar-refractivity contribution in [3.05, 3.63) is 120 Å². The highest BCUT2D eigenvalue weighted by atomic mass is 14.2. The normalized spacial score (nSPS) is 11.8. The lowest BCUT2D eigenvalue weighted by molar-refractivity contribution is 1.48. The third kappa shape index (κ3) is 2.72. The lowest BCUT2D eigenvalue weighted by Crippen LogP contribution is -1.92. The van der Waals surface area contributed by atoms with E-state index in [9.17, 15) is 0 Å². The van der Waals surface area contributed by atoms with E-state index >= 15 is 0 Å². The molecule has 34 heavy (non-hydrogen) atoms. The second-order valence-corrected chi connectivity index (χ2v) is 9.49. The highest BCUT2D eigenvalue weighted by Crippen LogP contribution is 2.45. The van der Waals surface area contributed by atoms with Crippen molar-refractivity contribution in [2.24, 2.45) is 0 Å². The molecule has 0 radical (unpaired) electrons. The number of aryl methyl sites for hydroxylation is 2. The maximum Gasteiger partial charge on any atom is -0.00210 e. The van der Waals surface area contributed by atoms with Gasteiger partial charge in [-0.2, -0.15) is 0 Å². The van der Waals surface area contributed by atoms with E-state index in [0.29, 0.717) is 0 Å². The second kappa shape index (κ2) is 7.17. The largest absolute Gasteiger partial charge is 0.0622 e. The minimum atomic E-state index is 1.26. The van der Waals surface area contributed by atoms with Gasteiger partial charge in [0.15, 0.2) is 0 Å². The molecular formula is C34H24. The molecule has 0 nitrogen and oxygen atoms in total. The van der Waals surface area contributed by atoms with E-state index in [1.54, 1.807) is 0 Å². The molecule has 7 aromatic rings. The van der Waals surface area contributed by atoms with Crippen molar-refractivity contribution in [1.29, 1.82) is 0 Å². The molecule has 0 saturated heterocycles. The zero-order valence-corrected chi connectivity index (χ0v) is 19.4. The number of fused-ring (bicyclic) bond motifs is 2. The summed E-state index contributed by atoms with van der Waals surface area (Å²) < 4.78 is 0. The van der Waals surface area contributed by atoms with Crippen LogP contribution < -0.4 is 0 Å². The van der Waals surface area contributed by atoms with Gasteiger partial charge in [-0.15, -0.1) is 0 Å². The monoisotopic (exact) mass is 432 g/mol. The van der Waals surface area contributed by atoms with Gasteiger partial charge in [0, 0.05) is 0 Å². The van der Waals surface area contributed by atoms with Gasteiger partial charge in [-0.3, -0.25) is 0 Å². The Morgan fingerprint density at radius 2 is 0.824 bits per heavy atom. The van der Waals surface area contributed by atoms with E-state index < -0.39 is 0 Å². The van der Waals surface area contributed by atoms with Gasteiger partial charge in [0.1, 0.15) is 0 Å². The Labute approximate surface area is 199 Å². The molecule has 0 amide bonds. The number of hydrogen-bond acceptors (Lipinski definition) is 0. The van der Waals surface area contributed by atoms with Crippen LogP contribution >= 0.6 is 0 Å². The highest BCUT2D eigenvalue weighted by molar-refractivity contribution is 6.34. The van der Waals surface area contributed by atoms with Crippen molar-refractivity contribution in [2.75, 3.05) is 0 Å². The standard InChI is InChI=1S/C34H24/c1-21-13-15-28-30-19-25(23-9-5-3-6-10-23)17-27-18-26(24-11-7-4-8-12-24)20-31(33(27)30)29-16-14-22(2)32(21)34(28)29/h3-20H,1-2H3. The van der Waals surface area contributed by atoms with Gasteiger partial charge < -0.3 is 0 Å². The summed E-state index contributed by atoms with van der Waals surface area (Å²) in [6, 6.07) is 40.3. The van der Waals surface area contributed by atoms with Crippen molar-refractivity contribution in [2.45, 2.75) is 13.8 Å². The molecule has 0 fully saturated rings. The SMILES string of the molecule is Cc1ccc2c3cc(-c4ccccc4)cc4cc(-c5ccccc5)cc(c5ccc(C)c1c25)c43. The molecule has 0 spiro atoms. The van der Waals surface area contributed by atoms with Crippen LogP contribution in [0.15, 0.2) is 109 Å². The second-order valence-electron chi connectivity index (χ2n) is 9.49. The molecule has 0 bridgehead atoms. The van der Waals surface area contributed by atoms with Crippen LogP contribution in [0.4, 0.5) is 0 Å². The van der Waals surface area contributed by atoms with Crippen LogP contribution in [0.2, 0.25) is 0 Å². The zero-order valence-electron chi connectivity index (χ0n) is 19.4. The average molecular weight is 433 g/mol. The first-order valence-electron chi connectivity index (χ1n) is 12.0. The van der Waals surface area contributed by atoms with Crippen LogP contribution in [0, 0.1) is 13.8 Å². The van der Waals surface area contributed by atoms with Gasteiger partial charge >= 0.3 is 0 Å². The van der Waals surface area contributed by atoms with Crippen LogP contribution in [0.25, 0.3) is 65.3 Å². The van der Waals surface area contributed by atoms with Gasteiger partial charge in [0.25, 0.3) is 0 Å². The Bertz CT molecular complexity index is 1710. The lowest BCUT2D eigenvalue weighted by Gasteiger charge is -2.19. The summed E-state index contributed by atoms with van der Waals surface area (Å²) in [6.07, 6.45) is 0. The molecule has 0 aliphatic rings. The summed E-state index contributed by atoms with van der Waals surface area (Å²) in [6.45, 7) is 4.48. The third-order valence-electron chi connectivity index (χ3n) is 7.42. The minimum Gasteiger partial charge on any atom is -0.0622 e. The Morgan fingerprint density at radius 3 is 1.29 bits per heavy atom. The summed E-state index contributed by atoms with van der Waals surface area (Å²) >= 11 is 0. The first kappa shape index (κ1) is 19.3. The quantitative estimate of drug-likeness (QED) is 0.188. The lowest BCUT2D eigenvalue weighted by atomic mass is 9.84. The minimum absolute atomic E-state index is 1.26. The van der Waals surface area contributed by atoms with Crippen LogP contribution in [-0.2, 0) is 0 Å². The number of rotatable bonds is 2. The maximum absolute atomic E-state index is 2.40. The molecule has 0 saturated carbocycles. The van der Waals surface area contributed by atoms with Gasteiger partial charge in [0.05, 0.1) is 0 Å². The predicted molar refractivity (Wildman–Crippen MR) is 148 cm³/mol. The summed E-state index contributed by atoms with van der Waals surface area (Å²) in [5.74, 6) is 0. The van der Waals surface area contributed by atoms with Crippen molar-refractivity contribution < 1.29 is 0 Å². The summed E-state index contributed by atoms with van der Waals surface area (Å²) in [7, 11) is 0. The van der Waals surface area contributed by atoms with Crippen molar-refractivity contribution in [1.82, 2.24) is 0 Å². The van der Waals surface area contributed by atoms with Crippen LogP contribution in [0.1, 0.15) is 11.1 Å². The molecule has 7 rings (SSSR count). The predicted octanol–water partition coefficient (Wildman–Crippen LogP) is 9.69. The topological polar surface area (TPSA) is 0 Å². The molecule has 0 aliphatic carbocycles. The first-order valence-corrected chi connectivity index (χ1v) is 12.0. The molecule has 0 N–H and O–H groups in total. The Morgan fingerprint density at radius 1 is 0.353 bits per heavy atom. The Balaban J connectivity index is 1.74. The third-order valence-corrected chi connectivity index (χ3v) is 7.42. The Hall–Kier alpha value is -4.16. The van der Waals surface area contributed by atoms with Gasteiger partial charge in [0.2, 0.25) is 0 Å². The van der Waals surface area contributed by atoms with E-state index in [1.807, 2.05) is 0 Å². The van der Waals surface area contributed by atoms with Crippen molar-refractivity contribution in [3.8, 4) is 22.3 Å². The fourth-order valence-electron chi connectivity index (χ4n) is 5.85. The average Bonchev–Trinajstić information content (AvgIpc) is 2.89. The van der Waals surface area contributed by atoms with Gasteiger partial charge in [-0.25, -0.2) is 0 Å². The molecule has 0 aromatic heterocycles. The van der Waals surface area contributed by atoms with E-state index in [-0.39, 0.29) is 0 Å². The van der Waals surface area contributed by atoms with E-state index in [2.05, 4.69) is 123 Å². The molecule has 0 aliphatic heterocycles. The molecule has 0 heterocycles. The molecule has 0 unspecified atom stereocenters. The summed E-state index contributed by atoms with van der Waals surface area (Å²) in [5.41, 5.74) is 7.73. The zero-order chi connectivity index (χ0) is 22.8. The Kier molecular flexibility index (Phi) is 4.07. The summed E-state index contributed by atoms with van der Waals surface area (Å²) in [4.78, 5) is 0. The summed E-state index contributed by atoms with van der Waals surface area (Å²) in [5, 5.41) is 10.8. The molecule has 7 aromatic carbocycles.